The summed E-state index contributed by atoms with van der Waals surface area (Å²) in [7, 11) is 0. The summed E-state index contributed by atoms with van der Waals surface area (Å²) in [4.78, 5) is 60.7. The van der Waals surface area contributed by atoms with Crippen molar-refractivity contribution >= 4 is 29.5 Å². The van der Waals surface area contributed by atoms with E-state index >= 15 is 0 Å². The fourth-order valence-corrected chi connectivity index (χ4v) is 4.09. The largest absolute Gasteiger partial charge is 0.370 e. The number of fused-ring (bicyclic) bond motifs is 1. The number of nitrogens with two attached hydrogens (primary N) is 2. The van der Waals surface area contributed by atoms with Crippen molar-refractivity contribution in [2.75, 3.05) is 0 Å². The van der Waals surface area contributed by atoms with E-state index in [2.05, 4.69) is 5.32 Å². The molecule has 2 aliphatic rings. The summed E-state index contributed by atoms with van der Waals surface area (Å²) in [6.45, 7) is 0.287. The standard InChI is InChI=1S/C21H26N4O5/c22-17(26)5-3-1-2-4-14(19(23)28)12-6-7-13-11-25(21(30)15(13)10-12)16-8-9-18(27)24-20(16)29/h6-7,10,14,16H,1-5,8-9,11H2,(H2,22,26)(H2,23,28)(H,24,27,29). The van der Waals surface area contributed by atoms with Crippen molar-refractivity contribution < 1.29 is 24.0 Å². The zero-order chi connectivity index (χ0) is 21.8. The second-order valence-electron chi connectivity index (χ2n) is 7.84. The molecule has 2 unspecified atom stereocenters. The number of unbranched alkanes of at least 4 members (excludes halogenated alkanes) is 2. The summed E-state index contributed by atoms with van der Waals surface area (Å²) < 4.78 is 0. The zero-order valence-corrected chi connectivity index (χ0v) is 16.7. The lowest BCUT2D eigenvalue weighted by Gasteiger charge is -2.29. The maximum Gasteiger partial charge on any atom is 0.255 e. The fourth-order valence-electron chi connectivity index (χ4n) is 4.09. The zero-order valence-electron chi connectivity index (χ0n) is 16.7. The van der Waals surface area contributed by atoms with Gasteiger partial charge in [-0.2, -0.15) is 0 Å². The van der Waals surface area contributed by atoms with Crippen molar-refractivity contribution in [3.05, 3.63) is 34.9 Å². The first-order valence-corrected chi connectivity index (χ1v) is 10.1. The van der Waals surface area contributed by atoms with Gasteiger partial charge in [0.2, 0.25) is 23.6 Å². The molecule has 0 bridgehead atoms. The molecule has 160 valence electrons. The second-order valence-corrected chi connectivity index (χ2v) is 7.84. The van der Waals surface area contributed by atoms with Crippen LogP contribution in [0, 0.1) is 0 Å². The number of nitrogens with zero attached hydrogens (tertiary/aromatic N) is 1. The lowest BCUT2D eigenvalue weighted by Crippen LogP contribution is -2.52. The molecule has 5 N–H and O–H groups in total. The smallest absolute Gasteiger partial charge is 0.255 e. The Balaban J connectivity index is 1.70. The highest BCUT2D eigenvalue weighted by Crippen LogP contribution is 2.31. The van der Waals surface area contributed by atoms with E-state index in [0.717, 1.165) is 12.0 Å². The molecule has 5 amide bonds. The number of benzene rings is 1. The van der Waals surface area contributed by atoms with Gasteiger partial charge in [-0.1, -0.05) is 25.0 Å². The van der Waals surface area contributed by atoms with Crippen molar-refractivity contribution in [1.82, 2.24) is 10.2 Å². The monoisotopic (exact) mass is 414 g/mol. The lowest BCUT2D eigenvalue weighted by atomic mass is 9.90. The predicted molar refractivity (Wildman–Crippen MR) is 107 cm³/mol. The van der Waals surface area contributed by atoms with Crippen LogP contribution in [0.2, 0.25) is 0 Å². The maximum atomic E-state index is 12.9. The van der Waals surface area contributed by atoms with Crippen LogP contribution in [0.15, 0.2) is 18.2 Å². The van der Waals surface area contributed by atoms with Gasteiger partial charge in [-0.3, -0.25) is 29.3 Å². The highest BCUT2D eigenvalue weighted by Gasteiger charge is 2.39. The van der Waals surface area contributed by atoms with Gasteiger partial charge in [0.05, 0.1) is 5.92 Å². The fraction of sp³-hybridized carbons (Fsp3) is 0.476. The van der Waals surface area contributed by atoms with E-state index in [4.69, 9.17) is 11.5 Å². The molecule has 0 aromatic heterocycles. The molecule has 9 nitrogen and oxygen atoms in total. The van der Waals surface area contributed by atoms with Crippen LogP contribution < -0.4 is 16.8 Å². The first-order valence-electron chi connectivity index (χ1n) is 10.1. The number of hydrogen-bond donors (Lipinski definition) is 3. The third-order valence-corrected chi connectivity index (χ3v) is 5.71. The van der Waals surface area contributed by atoms with Gasteiger partial charge in [0.15, 0.2) is 0 Å². The molecule has 3 rings (SSSR count). The Morgan fingerprint density at radius 1 is 1.13 bits per heavy atom. The molecule has 1 saturated heterocycles. The Kier molecular flexibility index (Phi) is 6.49. The van der Waals surface area contributed by atoms with E-state index in [0.29, 0.717) is 43.2 Å². The van der Waals surface area contributed by atoms with E-state index in [9.17, 15) is 24.0 Å². The molecule has 2 atom stereocenters. The molecule has 0 aliphatic carbocycles. The number of imide groups is 1. The summed E-state index contributed by atoms with van der Waals surface area (Å²) in [6.07, 6.45) is 3.43. The SMILES string of the molecule is NC(=O)CCCCCC(C(N)=O)c1ccc2c(c1)C(=O)N(C1CCC(=O)NC1=O)C2. The highest BCUT2D eigenvalue weighted by atomic mass is 16.2. The third-order valence-electron chi connectivity index (χ3n) is 5.71. The Morgan fingerprint density at radius 2 is 1.90 bits per heavy atom. The van der Waals surface area contributed by atoms with Gasteiger partial charge < -0.3 is 16.4 Å². The molecular formula is C21H26N4O5. The quantitative estimate of drug-likeness (QED) is 0.396. The van der Waals surface area contributed by atoms with E-state index in [1.807, 2.05) is 0 Å². The number of hydrogen-bond acceptors (Lipinski definition) is 5. The van der Waals surface area contributed by atoms with Crippen LogP contribution in [0.5, 0.6) is 0 Å². The van der Waals surface area contributed by atoms with Crippen molar-refractivity contribution in [3.63, 3.8) is 0 Å². The normalized spacial score (nSPS) is 19.4. The molecule has 2 aliphatic heterocycles. The summed E-state index contributed by atoms with van der Waals surface area (Å²) in [6, 6.07) is 4.59. The number of primary amides is 2. The van der Waals surface area contributed by atoms with Crippen LogP contribution in [0.4, 0.5) is 0 Å². The summed E-state index contributed by atoms with van der Waals surface area (Å²) >= 11 is 0. The molecule has 1 aromatic carbocycles. The average molecular weight is 414 g/mol. The van der Waals surface area contributed by atoms with Crippen LogP contribution >= 0.6 is 0 Å². The van der Waals surface area contributed by atoms with Crippen molar-refractivity contribution in [3.8, 4) is 0 Å². The molecule has 30 heavy (non-hydrogen) atoms. The van der Waals surface area contributed by atoms with Gasteiger partial charge >= 0.3 is 0 Å². The first-order chi connectivity index (χ1) is 14.3. The molecule has 1 fully saturated rings. The minimum Gasteiger partial charge on any atom is -0.370 e. The molecule has 2 heterocycles. The van der Waals surface area contributed by atoms with Crippen molar-refractivity contribution in [2.24, 2.45) is 11.5 Å². The van der Waals surface area contributed by atoms with E-state index < -0.39 is 23.8 Å². The van der Waals surface area contributed by atoms with Gasteiger partial charge in [0, 0.05) is 24.9 Å². The number of piperidine rings is 1. The summed E-state index contributed by atoms with van der Waals surface area (Å²) in [5.41, 5.74) is 12.6. The molecule has 1 aromatic rings. The predicted octanol–water partition coefficient (Wildman–Crippen LogP) is 0.452. The highest BCUT2D eigenvalue weighted by molar-refractivity contribution is 6.05. The van der Waals surface area contributed by atoms with Gasteiger partial charge in [-0.25, -0.2) is 0 Å². The minimum atomic E-state index is -0.678. The molecule has 0 radical (unpaired) electrons. The summed E-state index contributed by atoms with van der Waals surface area (Å²) in [5, 5.41) is 2.28. The van der Waals surface area contributed by atoms with Gasteiger partial charge in [0.25, 0.3) is 5.91 Å². The molecule has 9 heteroatoms. The first kappa shape index (κ1) is 21.5. The lowest BCUT2D eigenvalue weighted by molar-refractivity contribution is -0.137. The Morgan fingerprint density at radius 3 is 2.57 bits per heavy atom. The van der Waals surface area contributed by atoms with Crippen molar-refractivity contribution in [2.45, 2.75) is 63.5 Å². The number of carbonyl (C=O) groups excluding carboxylic acids is 5. The van der Waals surface area contributed by atoms with Crippen LogP contribution in [0.25, 0.3) is 0 Å². The minimum absolute atomic E-state index is 0.196. The molecule has 0 spiro atoms. The third kappa shape index (κ3) is 4.67. The number of rotatable bonds is 9. The topological polar surface area (TPSA) is 153 Å². The second kappa shape index (κ2) is 9.06. The van der Waals surface area contributed by atoms with Gasteiger partial charge in [-0.05, 0) is 36.5 Å². The summed E-state index contributed by atoms with van der Waals surface area (Å²) in [5.74, 6) is -2.44. The van der Waals surface area contributed by atoms with E-state index in [1.54, 1.807) is 18.2 Å². The average Bonchev–Trinajstić information content (AvgIpc) is 3.00. The Labute approximate surface area is 174 Å². The van der Waals surface area contributed by atoms with Crippen LogP contribution in [-0.4, -0.2) is 40.5 Å². The van der Waals surface area contributed by atoms with E-state index in [-0.39, 0.29) is 30.7 Å². The van der Waals surface area contributed by atoms with Crippen LogP contribution in [0.1, 0.15) is 72.3 Å². The molecular weight excluding hydrogens is 388 g/mol. The Hall–Kier alpha value is -3.23. The molecule has 0 saturated carbocycles. The van der Waals surface area contributed by atoms with E-state index in [1.165, 1.54) is 4.90 Å². The van der Waals surface area contributed by atoms with Gasteiger partial charge in [-0.15, -0.1) is 0 Å². The van der Waals surface area contributed by atoms with Crippen LogP contribution in [-0.2, 0) is 25.7 Å². The van der Waals surface area contributed by atoms with Crippen LogP contribution in [0.3, 0.4) is 0 Å². The number of carbonyl (C=O) groups is 5. The Bertz CT molecular complexity index is 897. The van der Waals surface area contributed by atoms with Crippen molar-refractivity contribution in [1.29, 1.82) is 0 Å². The number of amides is 5. The van der Waals surface area contributed by atoms with Gasteiger partial charge in [0.1, 0.15) is 6.04 Å². The maximum absolute atomic E-state index is 12.9. The number of nitrogens with one attached hydrogen (secondary N) is 1.